The highest BCUT2D eigenvalue weighted by atomic mass is 16.5. The van der Waals surface area contributed by atoms with E-state index >= 15 is 0 Å². The number of fused-ring (bicyclic) bond motifs is 1. The Morgan fingerprint density at radius 1 is 1.03 bits per heavy atom. The molecule has 0 amide bonds. The number of piperidine rings is 1. The molecule has 1 unspecified atom stereocenters. The Morgan fingerprint density at radius 2 is 1.83 bits per heavy atom. The second-order valence-electron chi connectivity index (χ2n) is 7.55. The molecule has 29 heavy (non-hydrogen) atoms. The standard InChI is InChI=1S/C22H27N3O4/c1-27-17-6-4-14(5-7-17)15-8-16(26)12-25(11-15)22-18-9-20(28-2)21(29-3)10-19(18)23-13-24-22/h4,6-7,9-10,13-16,26H,5,8,11-12H2,1-3H3/t14?,15-,16+/m1/s1. The number of hydrogen-bond donors (Lipinski definition) is 1. The maximum atomic E-state index is 10.6. The summed E-state index contributed by atoms with van der Waals surface area (Å²) in [4.78, 5) is 11.1. The zero-order chi connectivity index (χ0) is 20.4. The van der Waals surface area contributed by atoms with E-state index in [-0.39, 0.29) is 0 Å². The van der Waals surface area contributed by atoms with Crippen LogP contribution in [0.4, 0.5) is 5.82 Å². The van der Waals surface area contributed by atoms with Gasteiger partial charge in [-0.2, -0.15) is 0 Å². The Morgan fingerprint density at radius 3 is 2.52 bits per heavy atom. The predicted octanol–water partition coefficient (Wildman–Crippen LogP) is 2.94. The van der Waals surface area contributed by atoms with E-state index < -0.39 is 6.10 Å². The summed E-state index contributed by atoms with van der Waals surface area (Å²) in [5.74, 6) is 3.68. The predicted molar refractivity (Wildman–Crippen MR) is 111 cm³/mol. The summed E-state index contributed by atoms with van der Waals surface area (Å²) in [6.07, 6.45) is 9.20. The van der Waals surface area contributed by atoms with Crippen LogP contribution in [0.3, 0.4) is 0 Å². The van der Waals surface area contributed by atoms with Gasteiger partial charge in [-0.05, 0) is 42.9 Å². The molecule has 0 radical (unpaired) electrons. The van der Waals surface area contributed by atoms with E-state index in [9.17, 15) is 5.11 Å². The molecule has 2 aliphatic rings. The van der Waals surface area contributed by atoms with Gasteiger partial charge in [-0.3, -0.25) is 0 Å². The largest absolute Gasteiger partial charge is 0.497 e. The fourth-order valence-electron chi connectivity index (χ4n) is 4.33. The molecule has 7 heteroatoms. The molecule has 2 aromatic rings. The first-order valence-electron chi connectivity index (χ1n) is 9.85. The number of ether oxygens (including phenoxy) is 3. The van der Waals surface area contributed by atoms with E-state index in [4.69, 9.17) is 14.2 Å². The number of anilines is 1. The monoisotopic (exact) mass is 397 g/mol. The minimum atomic E-state index is -0.403. The number of nitrogens with zero attached hydrogens (tertiary/aromatic N) is 3. The first-order valence-corrected chi connectivity index (χ1v) is 9.85. The summed E-state index contributed by atoms with van der Waals surface area (Å²) >= 11 is 0. The second kappa shape index (κ2) is 8.29. The molecule has 2 heterocycles. The van der Waals surface area contributed by atoms with Crippen molar-refractivity contribution in [1.29, 1.82) is 0 Å². The average Bonchev–Trinajstić information content (AvgIpc) is 2.77. The second-order valence-corrected chi connectivity index (χ2v) is 7.55. The molecule has 0 bridgehead atoms. The van der Waals surface area contributed by atoms with Gasteiger partial charge in [0.25, 0.3) is 0 Å². The molecule has 1 aliphatic carbocycles. The SMILES string of the molecule is COC1=CCC([C@@H]2C[C@H](O)CN(c3ncnc4cc(OC)c(OC)cc34)C2)C=C1. The van der Waals surface area contributed by atoms with Gasteiger partial charge in [0.1, 0.15) is 17.9 Å². The van der Waals surface area contributed by atoms with Gasteiger partial charge in [0.15, 0.2) is 11.5 Å². The summed E-state index contributed by atoms with van der Waals surface area (Å²) < 4.78 is 16.2. The Bertz CT molecular complexity index is 943. The summed E-state index contributed by atoms with van der Waals surface area (Å²) in [7, 11) is 4.91. The third-order valence-electron chi connectivity index (χ3n) is 5.82. The van der Waals surface area contributed by atoms with Crippen LogP contribution < -0.4 is 14.4 Å². The quantitative estimate of drug-likeness (QED) is 0.831. The molecule has 1 aromatic heterocycles. The maximum Gasteiger partial charge on any atom is 0.162 e. The van der Waals surface area contributed by atoms with Crippen LogP contribution in [-0.2, 0) is 4.74 Å². The minimum Gasteiger partial charge on any atom is -0.497 e. The molecule has 7 nitrogen and oxygen atoms in total. The first kappa shape index (κ1) is 19.5. The van der Waals surface area contributed by atoms with Crippen LogP contribution in [0, 0.1) is 11.8 Å². The summed E-state index contributed by atoms with van der Waals surface area (Å²) in [6, 6.07) is 3.77. The van der Waals surface area contributed by atoms with Crippen LogP contribution in [0.2, 0.25) is 0 Å². The number of aliphatic hydroxyl groups is 1. The lowest BCUT2D eigenvalue weighted by molar-refractivity contribution is 0.114. The highest BCUT2D eigenvalue weighted by molar-refractivity contribution is 5.92. The van der Waals surface area contributed by atoms with Crippen molar-refractivity contribution in [3.63, 3.8) is 0 Å². The average molecular weight is 397 g/mol. The van der Waals surface area contributed by atoms with Crippen molar-refractivity contribution < 1.29 is 19.3 Å². The van der Waals surface area contributed by atoms with Crippen molar-refractivity contribution in [2.75, 3.05) is 39.3 Å². The number of aliphatic hydroxyl groups excluding tert-OH is 1. The number of allylic oxidation sites excluding steroid dienone is 3. The van der Waals surface area contributed by atoms with Gasteiger partial charge in [0, 0.05) is 24.5 Å². The van der Waals surface area contributed by atoms with Crippen molar-refractivity contribution in [3.8, 4) is 11.5 Å². The van der Waals surface area contributed by atoms with Crippen molar-refractivity contribution in [1.82, 2.24) is 9.97 Å². The number of hydrogen-bond acceptors (Lipinski definition) is 7. The molecule has 3 atom stereocenters. The van der Waals surface area contributed by atoms with Gasteiger partial charge in [-0.15, -0.1) is 0 Å². The van der Waals surface area contributed by atoms with Gasteiger partial charge in [0.05, 0.1) is 33.0 Å². The zero-order valence-corrected chi connectivity index (χ0v) is 17.0. The Kier molecular flexibility index (Phi) is 5.58. The van der Waals surface area contributed by atoms with Crippen LogP contribution in [-0.4, -0.2) is 55.6 Å². The van der Waals surface area contributed by atoms with Crippen LogP contribution in [0.15, 0.2) is 42.4 Å². The molecule has 1 saturated heterocycles. The number of aromatic nitrogens is 2. The third-order valence-corrected chi connectivity index (χ3v) is 5.82. The summed E-state index contributed by atoms with van der Waals surface area (Å²) in [5, 5.41) is 11.5. The normalized spacial score (nSPS) is 24.3. The zero-order valence-electron chi connectivity index (χ0n) is 17.0. The molecule has 0 saturated carbocycles. The molecular weight excluding hydrogens is 370 g/mol. The smallest absolute Gasteiger partial charge is 0.162 e. The lowest BCUT2D eigenvalue weighted by Gasteiger charge is -2.39. The lowest BCUT2D eigenvalue weighted by Crippen LogP contribution is -2.45. The van der Waals surface area contributed by atoms with Crippen molar-refractivity contribution in [3.05, 3.63) is 42.4 Å². The van der Waals surface area contributed by atoms with Crippen LogP contribution in [0.25, 0.3) is 10.9 Å². The van der Waals surface area contributed by atoms with Crippen LogP contribution in [0.1, 0.15) is 12.8 Å². The topological polar surface area (TPSA) is 76.9 Å². The van der Waals surface area contributed by atoms with Gasteiger partial charge < -0.3 is 24.2 Å². The van der Waals surface area contributed by atoms with Gasteiger partial charge in [-0.25, -0.2) is 9.97 Å². The third kappa shape index (κ3) is 3.87. The van der Waals surface area contributed by atoms with E-state index in [1.54, 1.807) is 27.7 Å². The summed E-state index contributed by atoms with van der Waals surface area (Å²) in [6.45, 7) is 1.37. The molecule has 1 aromatic carbocycles. The van der Waals surface area contributed by atoms with E-state index in [2.05, 4.69) is 27.0 Å². The maximum absolute atomic E-state index is 10.6. The highest BCUT2D eigenvalue weighted by Gasteiger charge is 2.32. The molecule has 1 N–H and O–H groups in total. The van der Waals surface area contributed by atoms with E-state index in [0.29, 0.717) is 29.9 Å². The first-order chi connectivity index (χ1) is 14.1. The fraction of sp³-hybridized carbons (Fsp3) is 0.455. The van der Waals surface area contributed by atoms with Gasteiger partial charge in [0.2, 0.25) is 0 Å². The van der Waals surface area contributed by atoms with Crippen LogP contribution >= 0.6 is 0 Å². The number of benzene rings is 1. The Labute approximate surface area is 170 Å². The Balaban J connectivity index is 1.64. The number of β-amino-alcohol motifs (C(OH)–C–C–N with tert-alkyl or cyclic N) is 1. The number of methoxy groups -OCH3 is 3. The number of rotatable bonds is 5. The lowest BCUT2D eigenvalue weighted by atomic mass is 9.80. The van der Waals surface area contributed by atoms with E-state index in [1.165, 1.54) is 0 Å². The van der Waals surface area contributed by atoms with E-state index in [1.807, 2.05) is 18.2 Å². The molecule has 0 spiro atoms. The van der Waals surface area contributed by atoms with E-state index in [0.717, 1.165) is 41.9 Å². The van der Waals surface area contributed by atoms with Crippen LogP contribution in [0.5, 0.6) is 11.5 Å². The fourth-order valence-corrected chi connectivity index (χ4v) is 4.33. The highest BCUT2D eigenvalue weighted by Crippen LogP contribution is 2.37. The van der Waals surface area contributed by atoms with Gasteiger partial charge >= 0.3 is 0 Å². The molecule has 154 valence electrons. The van der Waals surface area contributed by atoms with Gasteiger partial charge in [-0.1, -0.05) is 6.08 Å². The molecule has 1 fully saturated rings. The molecule has 4 rings (SSSR count). The summed E-state index contributed by atoms with van der Waals surface area (Å²) in [5.41, 5.74) is 0.787. The van der Waals surface area contributed by atoms with Crippen molar-refractivity contribution in [2.45, 2.75) is 18.9 Å². The Hall–Kier alpha value is -2.80. The molecular formula is C22H27N3O4. The van der Waals surface area contributed by atoms with Crippen molar-refractivity contribution >= 4 is 16.7 Å². The van der Waals surface area contributed by atoms with Crippen molar-refractivity contribution in [2.24, 2.45) is 11.8 Å². The molecule has 1 aliphatic heterocycles. The minimum absolute atomic E-state index is 0.329.